The molecule has 2 aromatic rings. The fourth-order valence-corrected chi connectivity index (χ4v) is 3.48. The van der Waals surface area contributed by atoms with Crippen LogP contribution in [0.5, 0.6) is 0 Å². The number of nitrogens with one attached hydrogen (secondary N) is 2. The Bertz CT molecular complexity index is 717. The summed E-state index contributed by atoms with van der Waals surface area (Å²) in [7, 11) is 0. The fourth-order valence-electron chi connectivity index (χ4n) is 2.06. The summed E-state index contributed by atoms with van der Waals surface area (Å²) in [6.45, 7) is 3.35. The minimum atomic E-state index is -0.230. The molecule has 0 aromatic heterocycles. The summed E-state index contributed by atoms with van der Waals surface area (Å²) in [5.41, 5.74) is 1.58. The van der Waals surface area contributed by atoms with Gasteiger partial charge < -0.3 is 10.6 Å². The number of anilines is 2. The quantitative estimate of drug-likeness (QED) is 0.746. The van der Waals surface area contributed by atoms with Crippen LogP contribution in [0.25, 0.3) is 0 Å². The first kappa shape index (κ1) is 18.4. The van der Waals surface area contributed by atoms with E-state index >= 15 is 0 Å². The number of carbonyl (C=O) groups is 2. The van der Waals surface area contributed by atoms with Crippen LogP contribution in [0.3, 0.4) is 0 Å². The lowest BCUT2D eigenvalue weighted by atomic mass is 10.3. The summed E-state index contributed by atoms with van der Waals surface area (Å²) >= 11 is 3.08. The first-order valence-corrected chi connectivity index (χ1v) is 9.58. The van der Waals surface area contributed by atoms with Crippen molar-refractivity contribution in [3.8, 4) is 0 Å². The Labute approximate surface area is 150 Å². The number of rotatable bonds is 6. The van der Waals surface area contributed by atoms with Gasteiger partial charge in [-0.15, -0.1) is 23.5 Å². The standard InChI is InChI=1S/C18H20N2O2S2/c1-12(18(22)20-16-6-4-5-7-17(16)23-3)24-15-10-8-14(9-11-15)19-13(2)21/h4-12H,1-3H3,(H,19,21)(H,20,22). The third-order valence-electron chi connectivity index (χ3n) is 3.22. The molecule has 2 aromatic carbocycles. The molecule has 0 aliphatic rings. The van der Waals surface area contributed by atoms with Crippen molar-refractivity contribution in [1.29, 1.82) is 0 Å². The molecule has 0 radical (unpaired) electrons. The molecule has 0 aliphatic carbocycles. The van der Waals surface area contributed by atoms with Gasteiger partial charge in [0.1, 0.15) is 0 Å². The summed E-state index contributed by atoms with van der Waals surface area (Å²) in [6, 6.07) is 15.2. The van der Waals surface area contributed by atoms with Gasteiger partial charge >= 0.3 is 0 Å². The fraction of sp³-hybridized carbons (Fsp3) is 0.222. The summed E-state index contributed by atoms with van der Waals surface area (Å²) in [5, 5.41) is 5.47. The van der Waals surface area contributed by atoms with Gasteiger partial charge in [0.05, 0.1) is 10.9 Å². The molecule has 0 saturated carbocycles. The molecule has 0 heterocycles. The molecule has 0 fully saturated rings. The Balaban J connectivity index is 1.97. The van der Waals surface area contributed by atoms with Crippen LogP contribution in [-0.4, -0.2) is 23.3 Å². The summed E-state index contributed by atoms with van der Waals surface area (Å²) in [4.78, 5) is 25.4. The lowest BCUT2D eigenvalue weighted by molar-refractivity contribution is -0.115. The molecule has 4 nitrogen and oxygen atoms in total. The van der Waals surface area contributed by atoms with Crippen molar-refractivity contribution in [3.05, 3.63) is 48.5 Å². The molecule has 2 N–H and O–H groups in total. The molecule has 0 bridgehead atoms. The van der Waals surface area contributed by atoms with Crippen molar-refractivity contribution < 1.29 is 9.59 Å². The molecular weight excluding hydrogens is 340 g/mol. The third kappa shape index (κ3) is 5.32. The van der Waals surface area contributed by atoms with Crippen molar-refractivity contribution >= 4 is 46.7 Å². The molecule has 2 rings (SSSR count). The monoisotopic (exact) mass is 360 g/mol. The van der Waals surface area contributed by atoms with Crippen LogP contribution in [0.2, 0.25) is 0 Å². The van der Waals surface area contributed by atoms with Crippen molar-refractivity contribution in [2.75, 3.05) is 16.9 Å². The average Bonchev–Trinajstić information content (AvgIpc) is 2.56. The van der Waals surface area contributed by atoms with Gasteiger partial charge in [-0.3, -0.25) is 9.59 Å². The van der Waals surface area contributed by atoms with E-state index in [2.05, 4.69) is 10.6 Å². The Morgan fingerprint density at radius 2 is 1.67 bits per heavy atom. The molecule has 0 spiro atoms. The second-order valence-electron chi connectivity index (χ2n) is 5.16. The van der Waals surface area contributed by atoms with E-state index < -0.39 is 0 Å². The van der Waals surface area contributed by atoms with Crippen LogP contribution in [0.1, 0.15) is 13.8 Å². The van der Waals surface area contributed by atoms with E-state index in [1.54, 1.807) is 11.8 Å². The van der Waals surface area contributed by atoms with Crippen LogP contribution in [0, 0.1) is 0 Å². The van der Waals surface area contributed by atoms with Crippen molar-refractivity contribution in [3.63, 3.8) is 0 Å². The Morgan fingerprint density at radius 3 is 2.29 bits per heavy atom. The maximum atomic E-state index is 12.4. The van der Waals surface area contributed by atoms with Crippen molar-refractivity contribution in [2.45, 2.75) is 28.9 Å². The molecular formula is C18H20N2O2S2. The van der Waals surface area contributed by atoms with E-state index in [4.69, 9.17) is 0 Å². The Hall–Kier alpha value is -1.92. The molecule has 0 aliphatic heterocycles. The molecule has 0 saturated heterocycles. The van der Waals surface area contributed by atoms with E-state index in [9.17, 15) is 9.59 Å². The average molecular weight is 361 g/mol. The molecule has 1 unspecified atom stereocenters. The minimum absolute atomic E-state index is 0.0348. The van der Waals surface area contributed by atoms with E-state index in [-0.39, 0.29) is 17.1 Å². The van der Waals surface area contributed by atoms with Gasteiger partial charge in [0.15, 0.2) is 0 Å². The van der Waals surface area contributed by atoms with Crippen LogP contribution in [-0.2, 0) is 9.59 Å². The second kappa shape index (κ2) is 8.80. The zero-order valence-electron chi connectivity index (χ0n) is 13.8. The number of para-hydroxylation sites is 1. The maximum absolute atomic E-state index is 12.4. The van der Waals surface area contributed by atoms with E-state index in [0.717, 1.165) is 21.2 Å². The maximum Gasteiger partial charge on any atom is 0.237 e. The van der Waals surface area contributed by atoms with Gasteiger partial charge in [-0.25, -0.2) is 0 Å². The van der Waals surface area contributed by atoms with Crippen LogP contribution in [0.15, 0.2) is 58.3 Å². The highest BCUT2D eigenvalue weighted by molar-refractivity contribution is 8.00. The van der Waals surface area contributed by atoms with Gasteiger partial charge in [-0.2, -0.15) is 0 Å². The third-order valence-corrected chi connectivity index (χ3v) is 5.13. The Morgan fingerprint density at radius 1 is 1.00 bits per heavy atom. The minimum Gasteiger partial charge on any atom is -0.326 e. The lowest BCUT2D eigenvalue weighted by Gasteiger charge is -2.14. The predicted octanol–water partition coefficient (Wildman–Crippen LogP) is 4.49. The summed E-state index contributed by atoms with van der Waals surface area (Å²) in [5.74, 6) is -0.136. The number of benzene rings is 2. The molecule has 126 valence electrons. The van der Waals surface area contributed by atoms with Gasteiger partial charge in [0.25, 0.3) is 0 Å². The topological polar surface area (TPSA) is 58.2 Å². The number of thioether (sulfide) groups is 2. The smallest absolute Gasteiger partial charge is 0.237 e. The lowest BCUT2D eigenvalue weighted by Crippen LogP contribution is -2.22. The first-order chi connectivity index (χ1) is 11.5. The number of amides is 2. The van der Waals surface area contributed by atoms with E-state index in [0.29, 0.717) is 0 Å². The van der Waals surface area contributed by atoms with Gasteiger partial charge in [-0.1, -0.05) is 12.1 Å². The molecule has 6 heteroatoms. The van der Waals surface area contributed by atoms with Crippen molar-refractivity contribution in [2.24, 2.45) is 0 Å². The number of hydrogen-bond donors (Lipinski definition) is 2. The molecule has 1 atom stereocenters. The van der Waals surface area contributed by atoms with Crippen molar-refractivity contribution in [1.82, 2.24) is 0 Å². The van der Waals surface area contributed by atoms with Gasteiger partial charge in [-0.05, 0) is 49.6 Å². The van der Waals surface area contributed by atoms with E-state index in [1.165, 1.54) is 18.7 Å². The largest absolute Gasteiger partial charge is 0.326 e. The van der Waals surface area contributed by atoms with E-state index in [1.807, 2.05) is 61.7 Å². The van der Waals surface area contributed by atoms with Gasteiger partial charge in [0, 0.05) is 22.4 Å². The Kier molecular flexibility index (Phi) is 6.75. The predicted molar refractivity (Wildman–Crippen MR) is 103 cm³/mol. The molecule has 24 heavy (non-hydrogen) atoms. The summed E-state index contributed by atoms with van der Waals surface area (Å²) < 4.78 is 0. The second-order valence-corrected chi connectivity index (χ2v) is 7.42. The van der Waals surface area contributed by atoms with Crippen LogP contribution >= 0.6 is 23.5 Å². The number of carbonyl (C=O) groups excluding carboxylic acids is 2. The number of hydrogen-bond acceptors (Lipinski definition) is 4. The van der Waals surface area contributed by atoms with Crippen LogP contribution in [0.4, 0.5) is 11.4 Å². The highest BCUT2D eigenvalue weighted by atomic mass is 32.2. The SMILES string of the molecule is CSc1ccccc1NC(=O)C(C)Sc1ccc(NC(C)=O)cc1. The first-order valence-electron chi connectivity index (χ1n) is 7.48. The normalized spacial score (nSPS) is 11.6. The molecule has 2 amide bonds. The highest BCUT2D eigenvalue weighted by Gasteiger charge is 2.15. The van der Waals surface area contributed by atoms with Crippen LogP contribution < -0.4 is 10.6 Å². The zero-order valence-corrected chi connectivity index (χ0v) is 15.5. The summed E-state index contributed by atoms with van der Waals surface area (Å²) in [6.07, 6.45) is 1.99. The highest BCUT2D eigenvalue weighted by Crippen LogP contribution is 2.28. The zero-order chi connectivity index (χ0) is 17.5. The van der Waals surface area contributed by atoms with Gasteiger partial charge in [0.2, 0.25) is 11.8 Å².